The molecule has 8 heteroatoms. The minimum absolute atomic E-state index is 0.0136. The third-order valence-corrected chi connectivity index (χ3v) is 5.82. The van der Waals surface area contributed by atoms with Crippen molar-refractivity contribution >= 4 is 18.0 Å². The molecule has 2 aromatic rings. The summed E-state index contributed by atoms with van der Waals surface area (Å²) in [6.45, 7) is 1.30. The van der Waals surface area contributed by atoms with Crippen molar-refractivity contribution in [3.8, 4) is 11.1 Å². The number of ether oxygens (including phenoxy) is 2. The van der Waals surface area contributed by atoms with E-state index in [4.69, 9.17) is 14.6 Å². The minimum Gasteiger partial charge on any atom is -0.481 e. The van der Waals surface area contributed by atoms with Crippen LogP contribution in [-0.4, -0.2) is 66.9 Å². The molecule has 1 fully saturated rings. The summed E-state index contributed by atoms with van der Waals surface area (Å²) >= 11 is 0. The topological polar surface area (TPSA) is 105 Å². The molecular formula is C25H26N2O6. The number of rotatable bonds is 7. The van der Waals surface area contributed by atoms with Crippen LogP contribution in [-0.2, 0) is 19.1 Å². The van der Waals surface area contributed by atoms with Gasteiger partial charge in [-0.05, 0) is 22.3 Å². The van der Waals surface area contributed by atoms with E-state index in [1.165, 1.54) is 6.08 Å². The predicted molar refractivity (Wildman–Crippen MR) is 121 cm³/mol. The fraction of sp³-hybridized carbons (Fsp3) is 0.320. The normalized spacial score (nSPS) is 17.5. The number of nitrogens with one attached hydrogen (secondary N) is 1. The minimum atomic E-state index is -0.961. The number of carbonyl (C=O) groups is 3. The molecule has 2 aromatic carbocycles. The fourth-order valence-electron chi connectivity index (χ4n) is 4.29. The van der Waals surface area contributed by atoms with Crippen LogP contribution in [0.15, 0.2) is 60.7 Å². The smallest absolute Gasteiger partial charge is 0.407 e. The maximum absolute atomic E-state index is 12.3. The number of alkyl carbamates (subject to hydrolysis) is 1. The summed E-state index contributed by atoms with van der Waals surface area (Å²) in [5.41, 5.74) is 4.61. The highest BCUT2D eigenvalue weighted by molar-refractivity contribution is 5.87. The second kappa shape index (κ2) is 10.3. The Hall–Kier alpha value is -3.65. The zero-order valence-electron chi connectivity index (χ0n) is 18.1. The van der Waals surface area contributed by atoms with Crippen LogP contribution in [0.1, 0.15) is 23.5 Å². The molecule has 2 aliphatic rings. The van der Waals surface area contributed by atoms with Crippen LogP contribution in [0.4, 0.5) is 4.79 Å². The lowest BCUT2D eigenvalue weighted by Gasteiger charge is -2.31. The van der Waals surface area contributed by atoms with E-state index in [9.17, 15) is 14.4 Å². The third-order valence-electron chi connectivity index (χ3n) is 5.82. The standard InChI is InChI=1S/C25H26N2O6/c28-23(27-12-13-32-17(15-27)14-24(29)30)10-5-11-26-25(31)33-16-22-20-8-3-1-6-18(20)19-7-2-4-9-21(19)22/h1-10,17,22H,11-16H2,(H,26,31)(H,29,30)/b10-5+. The number of amides is 2. The summed E-state index contributed by atoms with van der Waals surface area (Å²) in [4.78, 5) is 36.9. The first-order valence-electron chi connectivity index (χ1n) is 10.9. The van der Waals surface area contributed by atoms with Crippen LogP contribution < -0.4 is 5.32 Å². The molecule has 1 unspecified atom stereocenters. The van der Waals surface area contributed by atoms with Crippen LogP contribution in [0.25, 0.3) is 11.1 Å². The first-order chi connectivity index (χ1) is 16.0. The Bertz CT molecular complexity index is 1020. The van der Waals surface area contributed by atoms with E-state index in [1.807, 2.05) is 24.3 Å². The second-order valence-corrected chi connectivity index (χ2v) is 7.98. The van der Waals surface area contributed by atoms with E-state index >= 15 is 0 Å². The van der Waals surface area contributed by atoms with Gasteiger partial charge >= 0.3 is 12.1 Å². The summed E-state index contributed by atoms with van der Waals surface area (Å²) in [5.74, 6) is -1.22. The number of aliphatic carboxylic acids is 1. The maximum Gasteiger partial charge on any atom is 0.407 e. The van der Waals surface area contributed by atoms with Crippen LogP contribution in [0.3, 0.4) is 0 Å². The Morgan fingerprint density at radius 3 is 2.42 bits per heavy atom. The number of benzene rings is 2. The molecule has 1 atom stereocenters. The quantitative estimate of drug-likeness (QED) is 0.629. The molecule has 1 heterocycles. The van der Waals surface area contributed by atoms with E-state index in [1.54, 1.807) is 11.0 Å². The lowest BCUT2D eigenvalue weighted by atomic mass is 9.98. The fourth-order valence-corrected chi connectivity index (χ4v) is 4.29. The number of carboxylic acids is 1. The Morgan fingerprint density at radius 1 is 1.09 bits per heavy atom. The lowest BCUT2D eigenvalue weighted by molar-refractivity contribution is -0.145. The first kappa shape index (κ1) is 22.5. The second-order valence-electron chi connectivity index (χ2n) is 7.98. The summed E-state index contributed by atoms with van der Waals surface area (Å²) in [6, 6.07) is 16.2. The van der Waals surface area contributed by atoms with Gasteiger partial charge in [0.1, 0.15) is 6.61 Å². The van der Waals surface area contributed by atoms with E-state index in [-0.39, 0.29) is 37.9 Å². The van der Waals surface area contributed by atoms with Gasteiger partial charge in [0.05, 0.1) is 19.1 Å². The van der Waals surface area contributed by atoms with Crippen LogP contribution in [0.2, 0.25) is 0 Å². The van der Waals surface area contributed by atoms with Crippen molar-refractivity contribution in [1.29, 1.82) is 0 Å². The van der Waals surface area contributed by atoms with Crippen molar-refractivity contribution in [1.82, 2.24) is 10.2 Å². The highest BCUT2D eigenvalue weighted by atomic mass is 16.5. The van der Waals surface area contributed by atoms with Gasteiger partial charge in [-0.2, -0.15) is 0 Å². The van der Waals surface area contributed by atoms with Crippen molar-refractivity contribution in [2.24, 2.45) is 0 Å². The molecule has 1 aliphatic carbocycles. The molecule has 1 aliphatic heterocycles. The van der Waals surface area contributed by atoms with E-state index in [0.717, 1.165) is 22.3 Å². The van der Waals surface area contributed by atoms with Gasteiger partial charge in [0.15, 0.2) is 0 Å². The Labute approximate surface area is 191 Å². The lowest BCUT2D eigenvalue weighted by Crippen LogP contribution is -2.45. The number of hydrogen-bond donors (Lipinski definition) is 2. The number of morpholine rings is 1. The summed E-state index contributed by atoms with van der Waals surface area (Å²) in [6.07, 6.45) is 1.71. The molecule has 1 saturated heterocycles. The highest BCUT2D eigenvalue weighted by Gasteiger charge is 2.29. The molecule has 172 valence electrons. The van der Waals surface area contributed by atoms with Crippen molar-refractivity contribution < 1.29 is 29.0 Å². The monoisotopic (exact) mass is 450 g/mol. The number of carbonyl (C=O) groups excluding carboxylic acids is 2. The molecule has 0 bridgehead atoms. The number of nitrogens with zero attached hydrogens (tertiary/aromatic N) is 1. The van der Waals surface area contributed by atoms with Gasteiger partial charge in [-0.15, -0.1) is 0 Å². The molecule has 0 saturated carbocycles. The number of hydrogen-bond acceptors (Lipinski definition) is 5. The number of fused-ring (bicyclic) bond motifs is 3. The SMILES string of the molecule is O=C(O)CC1CN(C(=O)/C=C/CNC(=O)OCC2c3ccccc3-c3ccccc32)CCO1. The summed E-state index contributed by atoms with van der Waals surface area (Å²) in [5, 5.41) is 11.5. The molecule has 0 aromatic heterocycles. The molecule has 2 N–H and O–H groups in total. The Kier molecular flexibility index (Phi) is 7.04. The molecule has 0 radical (unpaired) electrons. The summed E-state index contributed by atoms with van der Waals surface area (Å²) in [7, 11) is 0. The predicted octanol–water partition coefficient (Wildman–Crippen LogP) is 2.78. The van der Waals surface area contributed by atoms with Gasteiger partial charge in [-0.1, -0.05) is 54.6 Å². The van der Waals surface area contributed by atoms with Crippen molar-refractivity contribution in [3.05, 3.63) is 71.8 Å². The third kappa shape index (κ3) is 5.40. The van der Waals surface area contributed by atoms with Crippen LogP contribution in [0.5, 0.6) is 0 Å². The Morgan fingerprint density at radius 2 is 1.76 bits per heavy atom. The molecule has 8 nitrogen and oxygen atoms in total. The zero-order chi connectivity index (χ0) is 23.2. The molecule has 33 heavy (non-hydrogen) atoms. The van der Waals surface area contributed by atoms with Gasteiger partial charge in [0.2, 0.25) is 5.91 Å². The van der Waals surface area contributed by atoms with Gasteiger partial charge in [0.25, 0.3) is 0 Å². The largest absolute Gasteiger partial charge is 0.481 e. The van der Waals surface area contributed by atoms with E-state index in [2.05, 4.69) is 29.6 Å². The molecule has 4 rings (SSSR count). The molecular weight excluding hydrogens is 424 g/mol. The van der Waals surface area contributed by atoms with Crippen LogP contribution >= 0.6 is 0 Å². The summed E-state index contributed by atoms with van der Waals surface area (Å²) < 4.78 is 10.8. The highest BCUT2D eigenvalue weighted by Crippen LogP contribution is 2.44. The van der Waals surface area contributed by atoms with Crippen molar-refractivity contribution in [2.45, 2.75) is 18.4 Å². The van der Waals surface area contributed by atoms with Crippen molar-refractivity contribution in [3.63, 3.8) is 0 Å². The van der Waals surface area contributed by atoms with Crippen molar-refractivity contribution in [2.75, 3.05) is 32.8 Å². The van der Waals surface area contributed by atoms with Gasteiger partial charge in [0, 0.05) is 31.6 Å². The average molecular weight is 450 g/mol. The van der Waals surface area contributed by atoms with Gasteiger partial charge in [-0.3, -0.25) is 9.59 Å². The first-order valence-corrected chi connectivity index (χ1v) is 10.9. The van der Waals surface area contributed by atoms with Gasteiger partial charge in [-0.25, -0.2) is 4.79 Å². The number of carboxylic acid groups (broad SMARTS) is 1. The molecule has 0 spiro atoms. The maximum atomic E-state index is 12.3. The zero-order valence-corrected chi connectivity index (χ0v) is 18.1. The molecule has 2 amide bonds. The van der Waals surface area contributed by atoms with Crippen LogP contribution in [0, 0.1) is 0 Å². The Balaban J connectivity index is 1.24. The average Bonchev–Trinajstić information content (AvgIpc) is 3.14. The van der Waals surface area contributed by atoms with E-state index in [0.29, 0.717) is 13.2 Å². The van der Waals surface area contributed by atoms with E-state index < -0.39 is 18.2 Å². The van der Waals surface area contributed by atoms with Gasteiger partial charge < -0.3 is 24.8 Å².